The molecule has 3 N–H and O–H groups in total. The van der Waals surface area contributed by atoms with Gasteiger partial charge in [0.1, 0.15) is 5.82 Å². The standard InChI is InChI=1S/C12H12FNO3/c1-5-6(2)14-10-8(5)3-7(4-9(10)13)11(15)12(16)17/h3-4,11,14-15H,1-2H3,(H,16,17). The number of aliphatic hydroxyl groups excluding tert-OH is 1. The van der Waals surface area contributed by atoms with Gasteiger partial charge in [-0.1, -0.05) is 0 Å². The number of hydrogen-bond acceptors (Lipinski definition) is 2. The van der Waals surface area contributed by atoms with Crippen molar-refractivity contribution in [2.75, 3.05) is 0 Å². The number of nitrogens with one attached hydrogen (secondary N) is 1. The lowest BCUT2D eigenvalue weighted by molar-refractivity contribution is -0.146. The molecule has 1 aromatic carbocycles. The summed E-state index contributed by atoms with van der Waals surface area (Å²) in [7, 11) is 0. The van der Waals surface area contributed by atoms with Gasteiger partial charge in [0.05, 0.1) is 5.52 Å². The van der Waals surface area contributed by atoms with Crippen LogP contribution < -0.4 is 0 Å². The zero-order valence-corrected chi connectivity index (χ0v) is 9.41. The number of aryl methyl sites for hydroxylation is 2. The molecule has 1 unspecified atom stereocenters. The fraction of sp³-hybridized carbons (Fsp3) is 0.250. The topological polar surface area (TPSA) is 73.3 Å². The van der Waals surface area contributed by atoms with Crippen LogP contribution in [0.5, 0.6) is 0 Å². The summed E-state index contributed by atoms with van der Waals surface area (Å²) in [5, 5.41) is 18.7. The summed E-state index contributed by atoms with van der Waals surface area (Å²) in [5.74, 6) is -1.96. The zero-order chi connectivity index (χ0) is 12.7. The van der Waals surface area contributed by atoms with E-state index in [-0.39, 0.29) is 5.56 Å². The highest BCUT2D eigenvalue weighted by Crippen LogP contribution is 2.27. The molecule has 1 aromatic heterocycles. The van der Waals surface area contributed by atoms with E-state index in [0.717, 1.165) is 17.3 Å². The van der Waals surface area contributed by atoms with Crippen LogP contribution >= 0.6 is 0 Å². The molecule has 2 aromatic rings. The maximum absolute atomic E-state index is 13.7. The van der Waals surface area contributed by atoms with Crippen LogP contribution in [0.3, 0.4) is 0 Å². The second-order valence-corrected chi connectivity index (χ2v) is 4.04. The average molecular weight is 237 g/mol. The number of halogens is 1. The van der Waals surface area contributed by atoms with Crippen molar-refractivity contribution in [2.24, 2.45) is 0 Å². The van der Waals surface area contributed by atoms with Crippen molar-refractivity contribution in [2.45, 2.75) is 20.0 Å². The van der Waals surface area contributed by atoms with Crippen LogP contribution in [0.2, 0.25) is 0 Å². The molecule has 0 saturated carbocycles. The Morgan fingerprint density at radius 1 is 1.41 bits per heavy atom. The zero-order valence-electron chi connectivity index (χ0n) is 9.41. The number of carbonyl (C=O) groups is 1. The summed E-state index contributed by atoms with van der Waals surface area (Å²) in [6, 6.07) is 2.53. The molecule has 5 heteroatoms. The normalized spacial score (nSPS) is 12.9. The highest BCUT2D eigenvalue weighted by atomic mass is 19.1. The van der Waals surface area contributed by atoms with E-state index in [1.54, 1.807) is 0 Å². The maximum atomic E-state index is 13.7. The molecule has 0 fully saturated rings. The van der Waals surface area contributed by atoms with Gasteiger partial charge in [0.15, 0.2) is 6.10 Å². The van der Waals surface area contributed by atoms with Crippen molar-refractivity contribution >= 4 is 16.9 Å². The minimum absolute atomic E-state index is 0.0459. The molecule has 4 nitrogen and oxygen atoms in total. The van der Waals surface area contributed by atoms with Crippen LogP contribution in [-0.4, -0.2) is 21.2 Å². The van der Waals surface area contributed by atoms with Crippen molar-refractivity contribution in [3.05, 3.63) is 34.8 Å². The smallest absolute Gasteiger partial charge is 0.337 e. The molecule has 0 aliphatic carbocycles. The van der Waals surface area contributed by atoms with E-state index in [4.69, 9.17) is 5.11 Å². The lowest BCUT2D eigenvalue weighted by atomic mass is 10.0. The molecule has 90 valence electrons. The van der Waals surface area contributed by atoms with Gasteiger partial charge in [-0.25, -0.2) is 9.18 Å². The number of hydrogen-bond donors (Lipinski definition) is 3. The maximum Gasteiger partial charge on any atom is 0.337 e. The molecule has 0 aliphatic rings. The molecular weight excluding hydrogens is 225 g/mol. The van der Waals surface area contributed by atoms with Crippen LogP contribution in [0, 0.1) is 19.7 Å². The summed E-state index contributed by atoms with van der Waals surface area (Å²) in [6.45, 7) is 3.62. The number of H-pyrrole nitrogens is 1. The second-order valence-electron chi connectivity index (χ2n) is 4.04. The van der Waals surface area contributed by atoms with E-state index in [2.05, 4.69) is 4.98 Å². The van der Waals surface area contributed by atoms with Gasteiger partial charge in [-0.05, 0) is 37.1 Å². The van der Waals surface area contributed by atoms with Gasteiger partial charge in [0.2, 0.25) is 0 Å². The van der Waals surface area contributed by atoms with Crippen LogP contribution in [0.15, 0.2) is 12.1 Å². The third kappa shape index (κ3) is 1.78. The van der Waals surface area contributed by atoms with E-state index in [1.807, 2.05) is 13.8 Å². The minimum Gasteiger partial charge on any atom is -0.479 e. The monoisotopic (exact) mass is 237 g/mol. The summed E-state index contributed by atoms with van der Waals surface area (Å²) < 4.78 is 13.7. The van der Waals surface area contributed by atoms with Crippen LogP contribution in [0.25, 0.3) is 10.9 Å². The van der Waals surface area contributed by atoms with E-state index in [9.17, 15) is 14.3 Å². The summed E-state index contributed by atoms with van der Waals surface area (Å²) in [5.41, 5.74) is 2.05. The van der Waals surface area contributed by atoms with Gasteiger partial charge in [-0.2, -0.15) is 0 Å². The fourth-order valence-electron chi connectivity index (χ4n) is 1.83. The first kappa shape index (κ1) is 11.6. The first-order chi connectivity index (χ1) is 7.91. The Labute approximate surface area is 96.7 Å². The van der Waals surface area contributed by atoms with Crippen molar-refractivity contribution in [3.8, 4) is 0 Å². The number of aromatic amines is 1. The van der Waals surface area contributed by atoms with Crippen LogP contribution in [0.1, 0.15) is 22.9 Å². The molecular formula is C12H12FNO3. The molecule has 0 bridgehead atoms. The molecule has 0 spiro atoms. The Kier molecular flexibility index (Phi) is 2.63. The molecule has 1 atom stereocenters. The number of carboxylic acid groups (broad SMARTS) is 1. The molecule has 0 radical (unpaired) electrons. The largest absolute Gasteiger partial charge is 0.479 e. The lowest BCUT2D eigenvalue weighted by Crippen LogP contribution is -2.10. The van der Waals surface area contributed by atoms with Crippen LogP contribution in [-0.2, 0) is 4.79 Å². The predicted molar refractivity (Wildman–Crippen MR) is 60.3 cm³/mol. The number of aliphatic hydroxyl groups is 1. The van der Waals surface area contributed by atoms with Gasteiger partial charge in [-0.15, -0.1) is 0 Å². The molecule has 2 rings (SSSR count). The quantitative estimate of drug-likeness (QED) is 0.748. The molecule has 0 saturated heterocycles. The van der Waals surface area contributed by atoms with Crippen molar-refractivity contribution in [1.29, 1.82) is 0 Å². The first-order valence-corrected chi connectivity index (χ1v) is 5.11. The number of carboxylic acids is 1. The Hall–Kier alpha value is -1.88. The molecule has 0 amide bonds. The summed E-state index contributed by atoms with van der Waals surface area (Å²) in [4.78, 5) is 13.5. The van der Waals surface area contributed by atoms with Gasteiger partial charge >= 0.3 is 5.97 Å². The number of benzene rings is 1. The molecule has 0 aliphatic heterocycles. The van der Waals surface area contributed by atoms with E-state index >= 15 is 0 Å². The highest BCUT2D eigenvalue weighted by molar-refractivity contribution is 5.87. The number of fused-ring (bicyclic) bond motifs is 1. The third-order valence-electron chi connectivity index (χ3n) is 2.94. The Bertz CT molecular complexity index is 603. The van der Waals surface area contributed by atoms with Crippen molar-refractivity contribution < 1.29 is 19.4 Å². The van der Waals surface area contributed by atoms with E-state index in [1.165, 1.54) is 6.07 Å². The van der Waals surface area contributed by atoms with Crippen molar-refractivity contribution in [3.63, 3.8) is 0 Å². The average Bonchev–Trinajstić information content (AvgIpc) is 2.55. The van der Waals surface area contributed by atoms with Crippen molar-refractivity contribution in [1.82, 2.24) is 4.98 Å². The predicted octanol–water partition coefficient (Wildman–Crippen LogP) is 2.04. The minimum atomic E-state index is -1.71. The first-order valence-electron chi connectivity index (χ1n) is 5.11. The third-order valence-corrected chi connectivity index (χ3v) is 2.94. The van der Waals surface area contributed by atoms with Gasteiger partial charge in [0.25, 0.3) is 0 Å². The fourth-order valence-corrected chi connectivity index (χ4v) is 1.83. The molecule has 17 heavy (non-hydrogen) atoms. The number of aromatic nitrogens is 1. The van der Waals surface area contributed by atoms with Gasteiger partial charge < -0.3 is 15.2 Å². The Morgan fingerprint density at radius 3 is 2.65 bits per heavy atom. The SMILES string of the molecule is Cc1[nH]c2c(F)cc(C(O)C(=O)O)cc2c1C. The van der Waals surface area contributed by atoms with Gasteiger partial charge in [-0.3, -0.25) is 0 Å². The lowest BCUT2D eigenvalue weighted by Gasteiger charge is -2.06. The number of rotatable bonds is 2. The number of aliphatic carboxylic acids is 1. The van der Waals surface area contributed by atoms with E-state index < -0.39 is 17.9 Å². The Balaban J connectivity index is 2.69. The van der Waals surface area contributed by atoms with Crippen LogP contribution in [0.4, 0.5) is 4.39 Å². The summed E-state index contributed by atoms with van der Waals surface area (Å²) >= 11 is 0. The summed E-state index contributed by atoms with van der Waals surface area (Å²) in [6.07, 6.45) is -1.71. The van der Waals surface area contributed by atoms with Gasteiger partial charge in [0, 0.05) is 11.1 Å². The Morgan fingerprint density at radius 2 is 2.06 bits per heavy atom. The van der Waals surface area contributed by atoms with E-state index in [0.29, 0.717) is 10.9 Å². The second kappa shape index (κ2) is 3.85. The molecule has 1 heterocycles. The highest BCUT2D eigenvalue weighted by Gasteiger charge is 2.19.